The summed E-state index contributed by atoms with van der Waals surface area (Å²) in [4.78, 5) is 28.3. The van der Waals surface area contributed by atoms with E-state index in [4.69, 9.17) is 9.15 Å². The number of benzene rings is 1. The number of aldehydes is 1. The molecule has 0 aliphatic carbocycles. The molecule has 110 valence electrons. The van der Waals surface area contributed by atoms with Crippen LogP contribution in [0.2, 0.25) is 0 Å². The number of fused-ring (bicyclic) bond motifs is 1. The minimum atomic E-state index is -0.363. The number of thiazole rings is 1. The molecule has 0 atom stereocenters. The predicted octanol–water partition coefficient (Wildman–Crippen LogP) is 3.33. The van der Waals surface area contributed by atoms with Crippen molar-refractivity contribution in [1.82, 2.24) is 4.98 Å². The first-order valence-electron chi connectivity index (χ1n) is 6.63. The number of cyclic esters (lactones) is 1. The van der Waals surface area contributed by atoms with Gasteiger partial charge in [0.2, 0.25) is 0 Å². The smallest absolute Gasteiger partial charge is 0.416 e. The molecular formula is C15H10N2O4S. The second-order valence-electron chi connectivity index (χ2n) is 4.80. The van der Waals surface area contributed by atoms with Gasteiger partial charge in [-0.25, -0.2) is 14.7 Å². The number of ether oxygens (including phenoxy) is 1. The molecule has 1 fully saturated rings. The summed E-state index contributed by atoms with van der Waals surface area (Å²) < 4.78 is 10.3. The topological polar surface area (TPSA) is 72.6 Å². The van der Waals surface area contributed by atoms with Crippen LogP contribution in [-0.4, -0.2) is 30.5 Å². The Labute approximate surface area is 128 Å². The maximum absolute atomic E-state index is 11.6. The number of aromatic nitrogens is 1. The highest BCUT2D eigenvalue weighted by atomic mass is 32.1. The Morgan fingerprint density at radius 1 is 1.32 bits per heavy atom. The summed E-state index contributed by atoms with van der Waals surface area (Å²) in [6.07, 6.45) is 0.317. The molecule has 0 N–H and O–H groups in total. The maximum Gasteiger partial charge on any atom is 0.416 e. The van der Waals surface area contributed by atoms with Crippen molar-refractivity contribution in [3.05, 3.63) is 35.4 Å². The van der Waals surface area contributed by atoms with Crippen molar-refractivity contribution >= 4 is 39.8 Å². The summed E-state index contributed by atoms with van der Waals surface area (Å²) in [5, 5.41) is 3.36. The fourth-order valence-electron chi connectivity index (χ4n) is 2.36. The second kappa shape index (κ2) is 4.96. The van der Waals surface area contributed by atoms with Crippen LogP contribution in [0.5, 0.6) is 0 Å². The molecule has 4 rings (SSSR count). The highest BCUT2D eigenvalue weighted by molar-refractivity contribution is 7.14. The molecule has 22 heavy (non-hydrogen) atoms. The van der Waals surface area contributed by atoms with Crippen LogP contribution in [0.15, 0.2) is 34.1 Å². The lowest BCUT2D eigenvalue weighted by molar-refractivity contribution is 0.110. The third-order valence-electron chi connectivity index (χ3n) is 3.43. The molecule has 0 bridgehead atoms. The van der Waals surface area contributed by atoms with Crippen molar-refractivity contribution in [2.75, 3.05) is 18.1 Å². The van der Waals surface area contributed by atoms with Gasteiger partial charge in [-0.3, -0.25) is 4.79 Å². The van der Waals surface area contributed by atoms with E-state index in [0.29, 0.717) is 35.9 Å². The van der Waals surface area contributed by atoms with E-state index < -0.39 is 0 Å². The molecule has 0 unspecified atom stereocenters. The zero-order chi connectivity index (χ0) is 15.1. The molecule has 7 heteroatoms. The normalized spacial score (nSPS) is 14.5. The summed E-state index contributed by atoms with van der Waals surface area (Å²) in [6, 6.07) is 7.32. The second-order valence-corrected chi connectivity index (χ2v) is 5.64. The number of hydrogen-bond acceptors (Lipinski definition) is 6. The van der Waals surface area contributed by atoms with Gasteiger partial charge in [0.25, 0.3) is 0 Å². The van der Waals surface area contributed by atoms with Crippen LogP contribution in [0, 0.1) is 0 Å². The number of carbonyl (C=O) groups excluding carboxylic acids is 2. The Morgan fingerprint density at radius 2 is 2.23 bits per heavy atom. The first kappa shape index (κ1) is 13.0. The fraction of sp³-hybridized carbons (Fsp3) is 0.133. The standard InChI is InChI=1S/C15H10N2O4S/c18-7-11-5-10-2-1-9(6-13(10)21-11)12-8-22-14(16-12)17-3-4-20-15(17)19/h1-2,5-8H,3-4H2. The molecule has 1 amide bonds. The average Bonchev–Trinajstić information content (AvgIpc) is 3.24. The largest absolute Gasteiger partial charge is 0.453 e. The van der Waals surface area contributed by atoms with E-state index in [-0.39, 0.29) is 6.09 Å². The van der Waals surface area contributed by atoms with Crippen molar-refractivity contribution in [3.8, 4) is 11.3 Å². The molecule has 6 nitrogen and oxygen atoms in total. The molecule has 0 radical (unpaired) electrons. The Morgan fingerprint density at radius 3 is 3.00 bits per heavy atom. The van der Waals surface area contributed by atoms with Gasteiger partial charge in [0.1, 0.15) is 12.2 Å². The van der Waals surface area contributed by atoms with Crippen LogP contribution in [0.25, 0.3) is 22.2 Å². The van der Waals surface area contributed by atoms with Gasteiger partial charge in [0, 0.05) is 16.3 Å². The summed E-state index contributed by atoms with van der Waals surface area (Å²) in [5.41, 5.74) is 2.26. The van der Waals surface area contributed by atoms with Crippen LogP contribution in [-0.2, 0) is 4.74 Å². The summed E-state index contributed by atoms with van der Waals surface area (Å²) >= 11 is 1.39. The first-order valence-corrected chi connectivity index (χ1v) is 7.51. The van der Waals surface area contributed by atoms with Crippen LogP contribution >= 0.6 is 11.3 Å². The fourth-order valence-corrected chi connectivity index (χ4v) is 3.21. The molecule has 1 saturated heterocycles. The molecular weight excluding hydrogens is 304 g/mol. The van der Waals surface area contributed by atoms with Crippen molar-refractivity contribution in [2.24, 2.45) is 0 Å². The van der Waals surface area contributed by atoms with Gasteiger partial charge < -0.3 is 9.15 Å². The molecule has 1 aromatic carbocycles. The summed E-state index contributed by atoms with van der Waals surface area (Å²) in [5.74, 6) is 0.297. The van der Waals surface area contributed by atoms with E-state index in [9.17, 15) is 9.59 Å². The quantitative estimate of drug-likeness (QED) is 0.693. The lowest BCUT2D eigenvalue weighted by Crippen LogP contribution is -2.22. The van der Waals surface area contributed by atoms with Crippen molar-refractivity contribution in [3.63, 3.8) is 0 Å². The summed E-state index contributed by atoms with van der Waals surface area (Å²) in [7, 11) is 0. The molecule has 1 aliphatic rings. The van der Waals surface area contributed by atoms with E-state index in [2.05, 4.69) is 4.98 Å². The number of furan rings is 1. The van der Waals surface area contributed by atoms with E-state index >= 15 is 0 Å². The number of carbonyl (C=O) groups is 2. The molecule has 0 spiro atoms. The van der Waals surface area contributed by atoms with Crippen LogP contribution in [0.1, 0.15) is 10.6 Å². The van der Waals surface area contributed by atoms with E-state index in [0.717, 1.165) is 16.6 Å². The molecule has 2 aromatic heterocycles. The zero-order valence-electron chi connectivity index (χ0n) is 11.3. The van der Waals surface area contributed by atoms with Gasteiger partial charge in [-0.1, -0.05) is 12.1 Å². The molecule has 3 heterocycles. The number of amides is 1. The Kier molecular flexibility index (Phi) is 2.93. The van der Waals surface area contributed by atoms with Crippen LogP contribution < -0.4 is 4.90 Å². The average molecular weight is 314 g/mol. The van der Waals surface area contributed by atoms with Crippen molar-refractivity contribution in [2.45, 2.75) is 0 Å². The maximum atomic E-state index is 11.6. The Hall–Kier alpha value is -2.67. The number of hydrogen-bond donors (Lipinski definition) is 0. The van der Waals surface area contributed by atoms with Crippen LogP contribution in [0.4, 0.5) is 9.93 Å². The van der Waals surface area contributed by atoms with Gasteiger partial charge in [0.05, 0.1) is 12.2 Å². The Bertz CT molecular complexity index is 883. The first-order chi connectivity index (χ1) is 10.7. The number of anilines is 1. The van der Waals surface area contributed by atoms with E-state index in [1.807, 2.05) is 23.6 Å². The van der Waals surface area contributed by atoms with Crippen molar-refractivity contribution in [1.29, 1.82) is 0 Å². The van der Waals surface area contributed by atoms with Gasteiger partial charge >= 0.3 is 6.09 Å². The highest BCUT2D eigenvalue weighted by Crippen LogP contribution is 2.31. The molecule has 0 saturated carbocycles. The van der Waals surface area contributed by atoms with Gasteiger partial charge in [0.15, 0.2) is 17.2 Å². The highest BCUT2D eigenvalue weighted by Gasteiger charge is 2.26. The van der Waals surface area contributed by atoms with E-state index in [1.54, 1.807) is 6.07 Å². The van der Waals surface area contributed by atoms with Crippen LogP contribution in [0.3, 0.4) is 0 Å². The SMILES string of the molecule is O=Cc1cc2ccc(-c3csc(N4CCOC4=O)n3)cc2o1. The summed E-state index contributed by atoms with van der Waals surface area (Å²) in [6.45, 7) is 0.909. The Balaban J connectivity index is 1.71. The molecule has 1 aliphatic heterocycles. The van der Waals surface area contributed by atoms with Gasteiger partial charge in [-0.05, 0) is 12.1 Å². The van der Waals surface area contributed by atoms with Crippen molar-refractivity contribution < 1.29 is 18.7 Å². The number of nitrogens with zero attached hydrogens (tertiary/aromatic N) is 2. The van der Waals surface area contributed by atoms with Gasteiger partial charge in [-0.15, -0.1) is 11.3 Å². The third-order valence-corrected chi connectivity index (χ3v) is 4.30. The third kappa shape index (κ3) is 2.06. The monoisotopic (exact) mass is 314 g/mol. The lowest BCUT2D eigenvalue weighted by atomic mass is 10.1. The van der Waals surface area contributed by atoms with E-state index in [1.165, 1.54) is 16.2 Å². The molecule has 3 aromatic rings. The zero-order valence-corrected chi connectivity index (χ0v) is 12.1. The number of rotatable bonds is 3. The predicted molar refractivity (Wildman–Crippen MR) is 81.4 cm³/mol. The minimum Gasteiger partial charge on any atom is -0.453 e. The van der Waals surface area contributed by atoms with Gasteiger partial charge in [-0.2, -0.15) is 0 Å². The lowest BCUT2D eigenvalue weighted by Gasteiger charge is -2.06. The minimum absolute atomic E-state index is 0.297.